The molecule has 1 aromatic carbocycles. The molecule has 0 saturated carbocycles. The van der Waals surface area contributed by atoms with E-state index >= 15 is 0 Å². The third-order valence-electron chi connectivity index (χ3n) is 5.42. The van der Waals surface area contributed by atoms with Crippen molar-refractivity contribution < 1.29 is 19.0 Å². The van der Waals surface area contributed by atoms with Crippen LogP contribution in [-0.2, 0) is 4.43 Å². The lowest BCUT2D eigenvalue weighted by Gasteiger charge is -2.48. The standard InChI is InChI=1S/C21H38O4Si/c1-16(2)26(17(3)4,18(5)6)25-21(7,15-22)13-14-24-20-11-9-19(23-8)10-12-20/h9-12,16-18,22H,13-15H2,1-8H3/t21-/m1/s1. The van der Waals surface area contributed by atoms with Crippen molar-refractivity contribution in [3.8, 4) is 11.5 Å². The van der Waals surface area contributed by atoms with Gasteiger partial charge in [0.1, 0.15) is 11.5 Å². The van der Waals surface area contributed by atoms with Crippen molar-refractivity contribution >= 4 is 8.32 Å². The summed E-state index contributed by atoms with van der Waals surface area (Å²) in [6, 6.07) is 7.55. The van der Waals surface area contributed by atoms with Crippen molar-refractivity contribution in [2.75, 3.05) is 20.3 Å². The maximum absolute atomic E-state index is 10.1. The zero-order valence-corrected chi connectivity index (χ0v) is 18.8. The summed E-state index contributed by atoms with van der Waals surface area (Å²) in [6.45, 7) is 16.1. The highest BCUT2D eigenvalue weighted by Gasteiger charge is 2.49. The molecule has 0 unspecified atom stereocenters. The van der Waals surface area contributed by atoms with Gasteiger partial charge in [0.15, 0.2) is 0 Å². The van der Waals surface area contributed by atoms with Crippen molar-refractivity contribution in [1.29, 1.82) is 0 Å². The predicted molar refractivity (Wildman–Crippen MR) is 111 cm³/mol. The number of methoxy groups -OCH3 is 1. The van der Waals surface area contributed by atoms with Crippen molar-refractivity contribution in [3.05, 3.63) is 24.3 Å². The largest absolute Gasteiger partial charge is 0.497 e. The molecule has 1 aromatic rings. The van der Waals surface area contributed by atoms with Gasteiger partial charge in [-0.15, -0.1) is 0 Å². The predicted octanol–water partition coefficient (Wildman–Crippen LogP) is 5.41. The van der Waals surface area contributed by atoms with E-state index in [-0.39, 0.29) is 6.61 Å². The Bertz CT molecular complexity index is 506. The molecule has 0 heterocycles. The minimum absolute atomic E-state index is 0.000117. The van der Waals surface area contributed by atoms with Gasteiger partial charge in [0, 0.05) is 6.42 Å². The Hall–Kier alpha value is -1.04. The Balaban J connectivity index is 2.82. The summed E-state index contributed by atoms with van der Waals surface area (Å²) in [6.07, 6.45) is 0.649. The van der Waals surface area contributed by atoms with E-state index in [9.17, 15) is 5.11 Å². The third kappa shape index (κ3) is 5.48. The van der Waals surface area contributed by atoms with Gasteiger partial charge < -0.3 is 19.0 Å². The van der Waals surface area contributed by atoms with Crippen molar-refractivity contribution in [3.63, 3.8) is 0 Å². The highest BCUT2D eigenvalue weighted by Crippen LogP contribution is 2.45. The summed E-state index contributed by atoms with van der Waals surface area (Å²) < 4.78 is 17.9. The Morgan fingerprint density at radius 1 is 0.923 bits per heavy atom. The van der Waals surface area contributed by atoms with Gasteiger partial charge in [-0.1, -0.05) is 41.5 Å². The summed E-state index contributed by atoms with van der Waals surface area (Å²) in [7, 11) is -0.411. The van der Waals surface area contributed by atoms with Gasteiger partial charge in [0.05, 0.1) is 25.9 Å². The molecule has 1 N–H and O–H groups in total. The van der Waals surface area contributed by atoms with Crippen LogP contribution in [0.4, 0.5) is 0 Å². The number of hydrogen-bond donors (Lipinski definition) is 1. The summed E-state index contributed by atoms with van der Waals surface area (Å²) in [4.78, 5) is 0. The van der Waals surface area contributed by atoms with E-state index in [1.807, 2.05) is 31.2 Å². The van der Waals surface area contributed by atoms with Gasteiger partial charge in [-0.2, -0.15) is 0 Å². The molecule has 4 nitrogen and oxygen atoms in total. The molecule has 5 heteroatoms. The first-order chi connectivity index (χ1) is 12.1. The Morgan fingerprint density at radius 3 is 1.77 bits per heavy atom. The van der Waals surface area contributed by atoms with E-state index in [1.54, 1.807) is 7.11 Å². The smallest absolute Gasteiger partial charge is 0.201 e. The Labute approximate surface area is 161 Å². The summed E-state index contributed by atoms with van der Waals surface area (Å²) in [5.41, 5.74) is 0.861. The Morgan fingerprint density at radius 2 is 1.38 bits per heavy atom. The molecule has 0 aliphatic carbocycles. The number of hydrogen-bond acceptors (Lipinski definition) is 4. The molecule has 0 radical (unpaired) electrons. The lowest BCUT2D eigenvalue weighted by Crippen LogP contribution is -2.55. The molecule has 0 aliphatic heterocycles. The number of aliphatic hydroxyl groups is 1. The van der Waals surface area contributed by atoms with Crippen LogP contribution in [0.2, 0.25) is 16.6 Å². The second kappa shape index (κ2) is 9.77. The number of benzene rings is 1. The fourth-order valence-corrected chi connectivity index (χ4v) is 9.73. The first kappa shape index (κ1) is 23.0. The average molecular weight is 383 g/mol. The molecule has 0 aliphatic rings. The summed E-state index contributed by atoms with van der Waals surface area (Å²) >= 11 is 0. The zero-order chi connectivity index (χ0) is 20.0. The van der Waals surface area contributed by atoms with E-state index in [2.05, 4.69) is 41.5 Å². The molecule has 0 bridgehead atoms. The molecule has 0 aromatic heterocycles. The van der Waals surface area contributed by atoms with Crippen molar-refractivity contribution in [1.82, 2.24) is 0 Å². The Kier molecular flexibility index (Phi) is 8.64. The highest BCUT2D eigenvalue weighted by atomic mass is 28.4. The lowest BCUT2D eigenvalue weighted by molar-refractivity contribution is -0.00615. The second-order valence-electron chi connectivity index (χ2n) is 8.30. The van der Waals surface area contributed by atoms with Gasteiger partial charge >= 0.3 is 0 Å². The fourth-order valence-electron chi connectivity index (χ4n) is 4.00. The van der Waals surface area contributed by atoms with Gasteiger partial charge in [-0.25, -0.2) is 0 Å². The second-order valence-corrected chi connectivity index (χ2v) is 13.7. The molecule has 1 atom stereocenters. The van der Waals surface area contributed by atoms with E-state index in [4.69, 9.17) is 13.9 Å². The molecule has 0 fully saturated rings. The van der Waals surface area contributed by atoms with Crippen LogP contribution >= 0.6 is 0 Å². The first-order valence-electron chi connectivity index (χ1n) is 9.69. The van der Waals surface area contributed by atoms with Crippen LogP contribution in [0.25, 0.3) is 0 Å². The fraction of sp³-hybridized carbons (Fsp3) is 0.714. The van der Waals surface area contributed by atoms with Crippen molar-refractivity contribution in [2.45, 2.75) is 77.1 Å². The summed E-state index contributed by atoms with van der Waals surface area (Å²) in [5, 5.41) is 10.1. The van der Waals surface area contributed by atoms with E-state index in [0.717, 1.165) is 11.5 Å². The molecular weight excluding hydrogens is 344 g/mol. The molecule has 0 saturated heterocycles. The molecule has 150 valence electrons. The molecule has 1 rings (SSSR count). The monoisotopic (exact) mass is 382 g/mol. The first-order valence-corrected chi connectivity index (χ1v) is 11.8. The molecule has 0 amide bonds. The van der Waals surface area contributed by atoms with Crippen LogP contribution in [-0.4, -0.2) is 39.3 Å². The van der Waals surface area contributed by atoms with Crippen molar-refractivity contribution in [2.24, 2.45) is 0 Å². The van der Waals surface area contributed by atoms with Crippen LogP contribution < -0.4 is 9.47 Å². The normalized spacial score (nSPS) is 14.8. The quantitative estimate of drug-likeness (QED) is 0.520. The SMILES string of the molecule is COc1ccc(OCC[C@](C)(CO)O[Si](C(C)C)(C(C)C)C(C)C)cc1. The number of aliphatic hydroxyl groups excluding tert-OH is 1. The van der Waals surface area contributed by atoms with Gasteiger partial charge in [0.25, 0.3) is 0 Å². The molecular formula is C21H38O4Si. The molecule has 26 heavy (non-hydrogen) atoms. The van der Waals surface area contributed by atoms with E-state index in [1.165, 1.54) is 0 Å². The minimum Gasteiger partial charge on any atom is -0.497 e. The van der Waals surface area contributed by atoms with Crippen LogP contribution in [0.5, 0.6) is 11.5 Å². The van der Waals surface area contributed by atoms with Crippen LogP contribution in [0, 0.1) is 0 Å². The topological polar surface area (TPSA) is 47.9 Å². The van der Waals surface area contributed by atoms with E-state index < -0.39 is 13.9 Å². The third-order valence-corrected chi connectivity index (χ3v) is 11.7. The summed E-state index contributed by atoms with van der Waals surface area (Å²) in [5.74, 6) is 1.61. The molecule has 0 spiro atoms. The lowest BCUT2D eigenvalue weighted by atomic mass is 10.1. The van der Waals surface area contributed by atoms with E-state index in [0.29, 0.717) is 29.7 Å². The van der Waals surface area contributed by atoms with Crippen LogP contribution in [0.15, 0.2) is 24.3 Å². The van der Waals surface area contributed by atoms with Crippen LogP contribution in [0.1, 0.15) is 54.9 Å². The maximum atomic E-state index is 10.1. The minimum atomic E-state index is -2.06. The van der Waals surface area contributed by atoms with Gasteiger partial charge in [0.2, 0.25) is 8.32 Å². The van der Waals surface area contributed by atoms with Gasteiger partial charge in [-0.05, 0) is 47.8 Å². The number of rotatable bonds is 11. The van der Waals surface area contributed by atoms with Crippen LogP contribution in [0.3, 0.4) is 0 Å². The zero-order valence-electron chi connectivity index (χ0n) is 17.8. The maximum Gasteiger partial charge on any atom is 0.201 e. The highest BCUT2D eigenvalue weighted by molar-refractivity contribution is 6.77. The van der Waals surface area contributed by atoms with Gasteiger partial charge in [-0.3, -0.25) is 0 Å². The number of ether oxygens (including phenoxy) is 2. The average Bonchev–Trinajstić information content (AvgIpc) is 2.59.